The Balaban J connectivity index is 1.21. The maximum absolute atomic E-state index is 12.9. The number of phenols is 1. The first-order valence-corrected chi connectivity index (χ1v) is 11.8. The molecule has 1 amide bonds. The van der Waals surface area contributed by atoms with Crippen LogP contribution in [-0.2, 0) is 19.5 Å². The molecule has 34 heavy (non-hydrogen) atoms. The quantitative estimate of drug-likeness (QED) is 0.336. The first-order chi connectivity index (χ1) is 16.7. The lowest BCUT2D eigenvalue weighted by molar-refractivity contribution is 0.0952. The topological polar surface area (TPSA) is 68.4 Å². The van der Waals surface area contributed by atoms with Gasteiger partial charge in [-0.25, -0.2) is 0 Å². The zero-order valence-corrected chi connectivity index (χ0v) is 19.1. The summed E-state index contributed by atoms with van der Waals surface area (Å²) in [6.45, 7) is 3.03. The number of aromatic amines is 1. The number of aromatic nitrogens is 1. The predicted molar refractivity (Wildman–Crippen MR) is 137 cm³/mol. The summed E-state index contributed by atoms with van der Waals surface area (Å²) in [6, 6.07) is 23.5. The van der Waals surface area contributed by atoms with Crippen molar-refractivity contribution in [2.24, 2.45) is 0 Å². The van der Waals surface area contributed by atoms with Crippen LogP contribution in [0.1, 0.15) is 39.2 Å². The molecule has 1 aliphatic rings. The van der Waals surface area contributed by atoms with Crippen LogP contribution in [0.5, 0.6) is 5.75 Å². The van der Waals surface area contributed by atoms with Crippen molar-refractivity contribution in [3.63, 3.8) is 0 Å². The molecule has 0 saturated carbocycles. The minimum Gasteiger partial charge on any atom is -0.508 e. The Morgan fingerprint density at radius 1 is 1.06 bits per heavy atom. The number of nitrogens with zero attached hydrogens (tertiary/aromatic N) is 1. The van der Waals surface area contributed by atoms with Gasteiger partial charge in [0.05, 0.1) is 0 Å². The SMILES string of the molecule is O=C(NCCC=Cc1ccccc1)c1ccccc1CN1CCc2c([nH]c3ccc(O)cc23)C1. The van der Waals surface area contributed by atoms with Crippen molar-refractivity contribution < 1.29 is 9.90 Å². The lowest BCUT2D eigenvalue weighted by Gasteiger charge is -2.27. The number of benzene rings is 3. The molecule has 0 radical (unpaired) electrons. The van der Waals surface area contributed by atoms with Gasteiger partial charge in [0.25, 0.3) is 5.91 Å². The number of aromatic hydroxyl groups is 1. The van der Waals surface area contributed by atoms with E-state index in [2.05, 4.69) is 39.5 Å². The summed E-state index contributed by atoms with van der Waals surface area (Å²) in [7, 11) is 0. The first kappa shape index (κ1) is 22.0. The van der Waals surface area contributed by atoms with Crippen LogP contribution in [0, 0.1) is 0 Å². The zero-order chi connectivity index (χ0) is 23.3. The van der Waals surface area contributed by atoms with E-state index in [9.17, 15) is 9.90 Å². The molecular formula is C29H29N3O2. The number of hydrogen-bond donors (Lipinski definition) is 3. The van der Waals surface area contributed by atoms with Crippen molar-refractivity contribution in [2.75, 3.05) is 13.1 Å². The third-order valence-electron chi connectivity index (χ3n) is 6.40. The lowest BCUT2D eigenvalue weighted by atomic mass is 10.0. The van der Waals surface area contributed by atoms with Crippen LogP contribution in [0.2, 0.25) is 0 Å². The van der Waals surface area contributed by atoms with E-state index < -0.39 is 0 Å². The molecule has 3 N–H and O–H groups in total. The first-order valence-electron chi connectivity index (χ1n) is 11.8. The minimum atomic E-state index is -0.0255. The van der Waals surface area contributed by atoms with E-state index in [0.29, 0.717) is 12.3 Å². The summed E-state index contributed by atoms with van der Waals surface area (Å²) >= 11 is 0. The second-order valence-corrected chi connectivity index (χ2v) is 8.79. The molecule has 0 fully saturated rings. The maximum atomic E-state index is 12.9. The summed E-state index contributed by atoms with van der Waals surface area (Å²) < 4.78 is 0. The summed E-state index contributed by atoms with van der Waals surface area (Å²) in [4.78, 5) is 18.8. The van der Waals surface area contributed by atoms with Gasteiger partial charge < -0.3 is 15.4 Å². The largest absolute Gasteiger partial charge is 0.508 e. The van der Waals surface area contributed by atoms with Crippen molar-refractivity contribution in [1.29, 1.82) is 0 Å². The molecule has 2 heterocycles. The highest BCUT2D eigenvalue weighted by Gasteiger charge is 2.22. The summed E-state index contributed by atoms with van der Waals surface area (Å²) in [5.41, 5.74) is 6.48. The average molecular weight is 452 g/mol. The molecule has 4 aromatic rings. The van der Waals surface area contributed by atoms with Gasteiger partial charge in [-0.05, 0) is 53.8 Å². The van der Waals surface area contributed by atoms with Crippen molar-refractivity contribution in [1.82, 2.24) is 15.2 Å². The molecular weight excluding hydrogens is 422 g/mol. The van der Waals surface area contributed by atoms with Crippen LogP contribution < -0.4 is 5.32 Å². The monoisotopic (exact) mass is 451 g/mol. The Hall–Kier alpha value is -3.83. The Labute approximate surface area is 199 Å². The van der Waals surface area contributed by atoms with E-state index in [4.69, 9.17) is 0 Å². The summed E-state index contributed by atoms with van der Waals surface area (Å²) in [6.07, 6.45) is 5.87. The van der Waals surface area contributed by atoms with Crippen molar-refractivity contribution >= 4 is 22.9 Å². The highest BCUT2D eigenvalue weighted by atomic mass is 16.3. The number of carbonyl (C=O) groups excluding carboxylic acids is 1. The zero-order valence-electron chi connectivity index (χ0n) is 19.1. The van der Waals surface area contributed by atoms with Gasteiger partial charge in [0, 0.05) is 48.3 Å². The van der Waals surface area contributed by atoms with Crippen LogP contribution >= 0.6 is 0 Å². The van der Waals surface area contributed by atoms with E-state index in [1.54, 1.807) is 6.07 Å². The molecule has 0 bridgehead atoms. The Bertz CT molecular complexity index is 1320. The fraction of sp³-hybridized carbons (Fsp3) is 0.207. The predicted octanol–water partition coefficient (Wildman–Crippen LogP) is 5.27. The second-order valence-electron chi connectivity index (χ2n) is 8.79. The second kappa shape index (κ2) is 9.98. The smallest absolute Gasteiger partial charge is 0.251 e. The standard InChI is InChI=1S/C29H29N3O2/c33-23-13-14-27-26(18-23)25-15-17-32(20-28(25)31-27)19-22-11-4-5-12-24(22)29(34)30-16-7-6-10-21-8-2-1-3-9-21/h1-6,8-14,18,31,33H,7,15-17,19-20H2,(H,30,34). The highest BCUT2D eigenvalue weighted by Crippen LogP contribution is 2.30. The molecule has 0 spiro atoms. The normalized spacial score (nSPS) is 13.9. The third-order valence-corrected chi connectivity index (χ3v) is 6.40. The molecule has 0 unspecified atom stereocenters. The number of fused-ring (bicyclic) bond motifs is 3. The van der Waals surface area contributed by atoms with Crippen LogP contribution in [0.4, 0.5) is 0 Å². The van der Waals surface area contributed by atoms with Crippen LogP contribution in [0.15, 0.2) is 78.9 Å². The fourth-order valence-corrected chi connectivity index (χ4v) is 4.69. The van der Waals surface area contributed by atoms with Gasteiger partial charge in [-0.3, -0.25) is 9.69 Å². The van der Waals surface area contributed by atoms with E-state index in [1.807, 2.05) is 54.6 Å². The van der Waals surface area contributed by atoms with Gasteiger partial charge in [-0.1, -0.05) is 60.7 Å². The fourth-order valence-electron chi connectivity index (χ4n) is 4.69. The van der Waals surface area contributed by atoms with Gasteiger partial charge in [0.15, 0.2) is 0 Å². The van der Waals surface area contributed by atoms with E-state index in [-0.39, 0.29) is 5.91 Å². The van der Waals surface area contributed by atoms with Crippen molar-refractivity contribution in [2.45, 2.75) is 25.9 Å². The van der Waals surface area contributed by atoms with Crippen LogP contribution in [0.3, 0.4) is 0 Å². The molecule has 5 heteroatoms. The molecule has 1 aliphatic heterocycles. The number of carbonyl (C=O) groups is 1. The van der Waals surface area contributed by atoms with E-state index in [0.717, 1.165) is 60.1 Å². The summed E-state index contributed by atoms with van der Waals surface area (Å²) in [5, 5.41) is 14.0. The van der Waals surface area contributed by atoms with Gasteiger partial charge in [-0.2, -0.15) is 0 Å². The molecule has 5 nitrogen and oxygen atoms in total. The third kappa shape index (κ3) is 4.90. The molecule has 0 saturated heterocycles. The summed E-state index contributed by atoms with van der Waals surface area (Å²) in [5.74, 6) is 0.273. The van der Waals surface area contributed by atoms with E-state index in [1.165, 1.54) is 11.3 Å². The number of amides is 1. The Morgan fingerprint density at radius 3 is 2.76 bits per heavy atom. The molecule has 1 aromatic heterocycles. The highest BCUT2D eigenvalue weighted by molar-refractivity contribution is 5.95. The van der Waals surface area contributed by atoms with E-state index >= 15 is 0 Å². The number of rotatable bonds is 7. The molecule has 5 rings (SSSR count). The molecule has 0 atom stereocenters. The molecule has 0 aliphatic carbocycles. The number of phenolic OH excluding ortho intramolecular Hbond substituents is 1. The average Bonchev–Trinajstić information content (AvgIpc) is 3.21. The maximum Gasteiger partial charge on any atom is 0.251 e. The molecule has 172 valence electrons. The van der Waals surface area contributed by atoms with Gasteiger partial charge in [-0.15, -0.1) is 0 Å². The van der Waals surface area contributed by atoms with Crippen LogP contribution in [0.25, 0.3) is 17.0 Å². The lowest BCUT2D eigenvalue weighted by Crippen LogP contribution is -2.31. The Kier molecular flexibility index (Phi) is 6.45. The number of nitrogens with one attached hydrogen (secondary N) is 2. The van der Waals surface area contributed by atoms with Crippen LogP contribution in [-0.4, -0.2) is 34.0 Å². The Morgan fingerprint density at radius 2 is 1.88 bits per heavy atom. The number of H-pyrrole nitrogens is 1. The van der Waals surface area contributed by atoms with Gasteiger partial charge in [0.2, 0.25) is 0 Å². The van der Waals surface area contributed by atoms with Gasteiger partial charge >= 0.3 is 0 Å². The molecule has 3 aromatic carbocycles. The van der Waals surface area contributed by atoms with Gasteiger partial charge in [0.1, 0.15) is 5.75 Å². The number of hydrogen-bond acceptors (Lipinski definition) is 3. The van der Waals surface area contributed by atoms with Crippen molar-refractivity contribution in [3.8, 4) is 5.75 Å². The minimum absolute atomic E-state index is 0.0255. The van der Waals surface area contributed by atoms with Crippen molar-refractivity contribution in [3.05, 3.63) is 107 Å².